The van der Waals surface area contributed by atoms with E-state index >= 15 is 0 Å². The van der Waals surface area contributed by atoms with Crippen LogP contribution in [0.1, 0.15) is 36.2 Å². The summed E-state index contributed by atoms with van der Waals surface area (Å²) in [6.07, 6.45) is 2.42. The first-order valence-corrected chi connectivity index (χ1v) is 9.20. The van der Waals surface area contributed by atoms with Crippen molar-refractivity contribution in [1.29, 1.82) is 0 Å². The summed E-state index contributed by atoms with van der Waals surface area (Å²) in [5.74, 6) is -0.129. The zero-order valence-electron chi connectivity index (χ0n) is 13.9. The van der Waals surface area contributed by atoms with Crippen molar-refractivity contribution >= 4 is 29.3 Å². The number of carbonyl (C=O) groups is 1. The summed E-state index contributed by atoms with van der Waals surface area (Å²) in [6, 6.07) is 7.21. The van der Waals surface area contributed by atoms with Gasteiger partial charge in [0.15, 0.2) is 5.16 Å². The maximum atomic E-state index is 12.2. The fourth-order valence-corrected chi connectivity index (χ4v) is 3.15. The molecule has 5 nitrogen and oxygen atoms in total. The quantitative estimate of drug-likeness (QED) is 0.608. The zero-order valence-corrected chi connectivity index (χ0v) is 15.4. The molecule has 7 heteroatoms. The van der Waals surface area contributed by atoms with Crippen molar-refractivity contribution in [3.8, 4) is 0 Å². The van der Waals surface area contributed by atoms with Crippen LogP contribution in [0.15, 0.2) is 34.2 Å². The van der Waals surface area contributed by atoms with Gasteiger partial charge in [0.1, 0.15) is 0 Å². The van der Waals surface area contributed by atoms with E-state index in [0.717, 1.165) is 5.56 Å². The van der Waals surface area contributed by atoms with Crippen LogP contribution in [-0.4, -0.2) is 22.1 Å². The van der Waals surface area contributed by atoms with Gasteiger partial charge in [-0.25, -0.2) is 4.98 Å². The fraction of sp³-hybridized carbons (Fsp3) is 0.353. The summed E-state index contributed by atoms with van der Waals surface area (Å²) in [5.41, 5.74) is 1.90. The average Bonchev–Trinajstić information content (AvgIpc) is 2.54. The van der Waals surface area contributed by atoms with E-state index in [0.29, 0.717) is 27.9 Å². The number of aromatic nitrogens is 2. The van der Waals surface area contributed by atoms with Gasteiger partial charge in [-0.15, -0.1) is 0 Å². The van der Waals surface area contributed by atoms with Gasteiger partial charge >= 0.3 is 0 Å². The summed E-state index contributed by atoms with van der Waals surface area (Å²) >= 11 is 7.52. The Labute approximate surface area is 150 Å². The molecule has 0 aliphatic carbocycles. The Hall–Kier alpha value is -1.79. The summed E-state index contributed by atoms with van der Waals surface area (Å²) in [7, 11) is 0. The summed E-state index contributed by atoms with van der Waals surface area (Å²) in [4.78, 5) is 31.2. The van der Waals surface area contributed by atoms with E-state index in [1.807, 2.05) is 31.4 Å². The lowest BCUT2D eigenvalue weighted by Gasteiger charge is -2.15. The van der Waals surface area contributed by atoms with Crippen molar-refractivity contribution in [1.82, 2.24) is 15.3 Å². The number of carbonyl (C=O) groups excluding carboxylic acids is 1. The molecule has 0 aliphatic rings. The van der Waals surface area contributed by atoms with E-state index in [9.17, 15) is 9.59 Å². The molecule has 2 aromatic rings. The van der Waals surface area contributed by atoms with Crippen molar-refractivity contribution in [2.24, 2.45) is 0 Å². The van der Waals surface area contributed by atoms with Gasteiger partial charge in [0.25, 0.3) is 5.56 Å². The van der Waals surface area contributed by atoms with Gasteiger partial charge < -0.3 is 10.3 Å². The number of aryl methyl sites for hydroxylation is 1. The van der Waals surface area contributed by atoms with E-state index in [1.165, 1.54) is 11.8 Å². The number of nitrogens with one attached hydrogen (secondary N) is 2. The molecule has 0 saturated heterocycles. The maximum Gasteiger partial charge on any atom is 0.254 e. The normalized spacial score (nSPS) is 12.0. The number of thioether (sulfide) groups is 1. The Bertz CT molecular complexity index is 792. The van der Waals surface area contributed by atoms with Crippen LogP contribution in [-0.2, 0) is 11.2 Å². The Morgan fingerprint density at radius 1 is 1.42 bits per heavy atom. The minimum Gasteiger partial charge on any atom is -0.350 e. The molecule has 0 radical (unpaired) electrons. The van der Waals surface area contributed by atoms with Gasteiger partial charge in [0.05, 0.1) is 6.04 Å². The van der Waals surface area contributed by atoms with Gasteiger partial charge in [-0.1, -0.05) is 41.6 Å². The van der Waals surface area contributed by atoms with Crippen LogP contribution in [0.25, 0.3) is 0 Å². The predicted octanol–water partition coefficient (Wildman–Crippen LogP) is 3.26. The van der Waals surface area contributed by atoms with Crippen molar-refractivity contribution in [2.75, 3.05) is 6.26 Å². The van der Waals surface area contributed by atoms with E-state index in [-0.39, 0.29) is 23.9 Å². The van der Waals surface area contributed by atoms with E-state index in [2.05, 4.69) is 15.3 Å². The molecule has 0 spiro atoms. The van der Waals surface area contributed by atoms with Crippen LogP contribution in [0.3, 0.4) is 0 Å². The first kappa shape index (κ1) is 18.5. The summed E-state index contributed by atoms with van der Waals surface area (Å²) in [6.45, 7) is 3.67. The van der Waals surface area contributed by atoms with E-state index < -0.39 is 0 Å². The number of H-pyrrole nitrogens is 1. The average molecular weight is 366 g/mol. The monoisotopic (exact) mass is 365 g/mol. The van der Waals surface area contributed by atoms with E-state index in [4.69, 9.17) is 11.6 Å². The van der Waals surface area contributed by atoms with Crippen molar-refractivity contribution < 1.29 is 4.79 Å². The fourth-order valence-electron chi connectivity index (χ4n) is 2.43. The Balaban J connectivity index is 1.99. The molecule has 1 amide bonds. The van der Waals surface area contributed by atoms with Crippen LogP contribution >= 0.6 is 23.4 Å². The Morgan fingerprint density at radius 2 is 2.12 bits per heavy atom. The molecular weight excluding hydrogens is 346 g/mol. The van der Waals surface area contributed by atoms with Gasteiger partial charge in [0, 0.05) is 22.7 Å². The number of nitrogens with zero attached hydrogens (tertiary/aromatic N) is 1. The predicted molar refractivity (Wildman–Crippen MR) is 97.7 cm³/mol. The topological polar surface area (TPSA) is 74.8 Å². The largest absolute Gasteiger partial charge is 0.350 e. The van der Waals surface area contributed by atoms with Crippen LogP contribution in [0.2, 0.25) is 5.02 Å². The Kier molecular flexibility index (Phi) is 6.45. The van der Waals surface area contributed by atoms with Crippen molar-refractivity contribution in [3.63, 3.8) is 0 Å². The first-order valence-electron chi connectivity index (χ1n) is 7.60. The molecule has 2 rings (SSSR count). The lowest BCUT2D eigenvalue weighted by molar-refractivity contribution is -0.121. The molecule has 128 valence electrons. The molecule has 1 aromatic carbocycles. The number of rotatable bonds is 6. The zero-order chi connectivity index (χ0) is 17.7. The minimum absolute atomic E-state index is 0.129. The number of hydrogen-bond donors (Lipinski definition) is 2. The van der Waals surface area contributed by atoms with Gasteiger partial charge in [-0.2, -0.15) is 0 Å². The van der Waals surface area contributed by atoms with Crippen LogP contribution in [0, 0.1) is 6.92 Å². The molecule has 1 aromatic heterocycles. The molecule has 24 heavy (non-hydrogen) atoms. The molecule has 0 bridgehead atoms. The smallest absolute Gasteiger partial charge is 0.254 e. The molecule has 1 atom stereocenters. The lowest BCUT2D eigenvalue weighted by Crippen LogP contribution is -2.28. The van der Waals surface area contributed by atoms with Gasteiger partial charge in [-0.05, 0) is 38.2 Å². The number of aromatic amines is 1. The lowest BCUT2D eigenvalue weighted by atomic mass is 10.1. The second kappa shape index (κ2) is 8.35. The van der Waals surface area contributed by atoms with Crippen LogP contribution in [0.5, 0.6) is 0 Å². The molecule has 0 fully saturated rings. The molecule has 2 N–H and O–H groups in total. The van der Waals surface area contributed by atoms with Gasteiger partial charge in [-0.3, -0.25) is 9.59 Å². The van der Waals surface area contributed by atoms with Crippen molar-refractivity contribution in [2.45, 2.75) is 37.9 Å². The molecule has 0 aliphatic heterocycles. The van der Waals surface area contributed by atoms with Gasteiger partial charge in [0.2, 0.25) is 5.91 Å². The number of amides is 1. The summed E-state index contributed by atoms with van der Waals surface area (Å²) < 4.78 is 0. The highest BCUT2D eigenvalue weighted by Crippen LogP contribution is 2.22. The number of benzene rings is 1. The maximum absolute atomic E-state index is 12.2. The third-order valence-corrected chi connectivity index (χ3v) is 4.67. The highest BCUT2D eigenvalue weighted by molar-refractivity contribution is 7.98. The highest BCUT2D eigenvalue weighted by Gasteiger charge is 2.14. The first-order chi connectivity index (χ1) is 11.4. The standard InChI is InChI=1S/C17H20ClN3O2S/c1-10(12-6-4-5-7-14(12)18)19-15(22)9-8-13-11(2)20-17(24-3)21-16(13)23/h4-7,10H,8-9H2,1-3H3,(H,19,22)(H,20,21,23). The molecule has 1 unspecified atom stereocenters. The second-order valence-corrected chi connectivity index (χ2v) is 6.65. The highest BCUT2D eigenvalue weighted by atomic mass is 35.5. The second-order valence-electron chi connectivity index (χ2n) is 5.45. The van der Waals surface area contributed by atoms with Crippen LogP contribution in [0.4, 0.5) is 0 Å². The van der Waals surface area contributed by atoms with E-state index in [1.54, 1.807) is 13.0 Å². The minimum atomic E-state index is -0.192. The molecular formula is C17H20ClN3O2S. The third-order valence-electron chi connectivity index (χ3n) is 3.75. The molecule has 1 heterocycles. The number of hydrogen-bond acceptors (Lipinski definition) is 4. The van der Waals surface area contributed by atoms with Crippen LogP contribution < -0.4 is 10.9 Å². The van der Waals surface area contributed by atoms with Crippen molar-refractivity contribution in [3.05, 3.63) is 56.5 Å². The SMILES string of the molecule is CSc1nc(C)c(CCC(=O)NC(C)c2ccccc2Cl)c(=O)[nH]1. The molecule has 0 saturated carbocycles. The third kappa shape index (κ3) is 4.61. The Morgan fingerprint density at radius 3 is 2.75 bits per heavy atom. The number of halogens is 1. The summed E-state index contributed by atoms with van der Waals surface area (Å²) in [5, 5.41) is 4.11.